The van der Waals surface area contributed by atoms with E-state index in [0.717, 1.165) is 23.0 Å². The summed E-state index contributed by atoms with van der Waals surface area (Å²) in [5.74, 6) is 0. The summed E-state index contributed by atoms with van der Waals surface area (Å²) in [5.41, 5.74) is 3.76. The van der Waals surface area contributed by atoms with Gasteiger partial charge in [0.2, 0.25) is 0 Å². The molecule has 1 aliphatic rings. The van der Waals surface area contributed by atoms with Crippen LogP contribution in [0.25, 0.3) is 0 Å². The van der Waals surface area contributed by atoms with Gasteiger partial charge in [-0.05, 0) is 41.3 Å². The van der Waals surface area contributed by atoms with E-state index >= 15 is 0 Å². The normalized spacial score (nSPS) is 13.8. The van der Waals surface area contributed by atoms with Crippen molar-refractivity contribution in [3.63, 3.8) is 0 Å². The molecule has 0 spiro atoms. The van der Waals surface area contributed by atoms with Gasteiger partial charge in [0, 0.05) is 23.6 Å². The second-order valence-electron chi connectivity index (χ2n) is 5.29. The molecule has 0 bridgehead atoms. The molecule has 3 rings (SSSR count). The predicted molar refractivity (Wildman–Crippen MR) is 87.9 cm³/mol. The van der Waals surface area contributed by atoms with Gasteiger partial charge in [-0.25, -0.2) is 0 Å². The monoisotopic (exact) mass is 362 g/mol. The first-order valence-electron chi connectivity index (χ1n) is 6.99. The minimum atomic E-state index is -0.369. The quantitative estimate of drug-likeness (QED) is 0.670. The number of hydrogen-bond acceptors (Lipinski definition) is 4. The van der Waals surface area contributed by atoms with Crippen LogP contribution in [-0.4, -0.2) is 16.6 Å². The molecular weight excluding hydrogens is 348 g/mol. The number of nitro groups is 1. The minimum absolute atomic E-state index is 0.0766. The molecule has 0 atom stereocenters. The van der Waals surface area contributed by atoms with Crippen molar-refractivity contribution in [3.05, 3.63) is 67.7 Å². The Bertz CT molecular complexity index is 733. The van der Waals surface area contributed by atoms with Crippen LogP contribution >= 0.6 is 15.9 Å². The standard InChI is InChI=1S/C16H15BrN2O3/c17-14-3-1-2-12-6-7-18(9-13(12)14)16-8-11(10-20)4-5-15(16)19(21)22/h1-5,8,20H,6-7,9-10H2. The lowest BCUT2D eigenvalue weighted by Crippen LogP contribution is -2.31. The van der Waals surface area contributed by atoms with E-state index in [9.17, 15) is 15.2 Å². The van der Waals surface area contributed by atoms with Gasteiger partial charge in [-0.3, -0.25) is 10.1 Å². The molecule has 0 aromatic heterocycles. The number of aliphatic hydroxyl groups is 1. The Kier molecular flexibility index (Phi) is 4.13. The largest absolute Gasteiger partial charge is 0.392 e. The Morgan fingerprint density at radius 2 is 2.14 bits per heavy atom. The first kappa shape index (κ1) is 15.0. The number of halogens is 1. The summed E-state index contributed by atoms with van der Waals surface area (Å²) < 4.78 is 1.02. The highest BCUT2D eigenvalue weighted by atomic mass is 79.9. The Balaban J connectivity index is 2.02. The van der Waals surface area contributed by atoms with E-state index in [-0.39, 0.29) is 17.2 Å². The minimum Gasteiger partial charge on any atom is -0.392 e. The van der Waals surface area contributed by atoms with E-state index in [0.29, 0.717) is 17.8 Å². The van der Waals surface area contributed by atoms with Gasteiger partial charge in [-0.2, -0.15) is 0 Å². The average molecular weight is 363 g/mol. The van der Waals surface area contributed by atoms with E-state index in [1.54, 1.807) is 12.1 Å². The number of benzene rings is 2. The second-order valence-corrected chi connectivity index (χ2v) is 6.14. The highest BCUT2D eigenvalue weighted by Gasteiger charge is 2.24. The van der Waals surface area contributed by atoms with E-state index in [1.165, 1.54) is 11.6 Å². The van der Waals surface area contributed by atoms with Crippen molar-refractivity contribution < 1.29 is 10.0 Å². The SMILES string of the molecule is O=[N+]([O-])c1ccc(CO)cc1N1CCc2cccc(Br)c2C1. The predicted octanol–water partition coefficient (Wildman–Crippen LogP) is 3.41. The van der Waals surface area contributed by atoms with Crippen LogP contribution in [0.15, 0.2) is 40.9 Å². The maximum Gasteiger partial charge on any atom is 0.292 e. The number of nitrogens with zero attached hydrogens (tertiary/aromatic N) is 2. The van der Waals surface area contributed by atoms with Crippen molar-refractivity contribution >= 4 is 27.3 Å². The molecule has 6 heteroatoms. The van der Waals surface area contributed by atoms with Crippen LogP contribution in [0.2, 0.25) is 0 Å². The van der Waals surface area contributed by atoms with Gasteiger partial charge in [-0.15, -0.1) is 0 Å². The third-order valence-electron chi connectivity index (χ3n) is 3.98. The first-order chi connectivity index (χ1) is 10.6. The van der Waals surface area contributed by atoms with E-state index in [2.05, 4.69) is 22.0 Å². The molecule has 2 aromatic carbocycles. The van der Waals surface area contributed by atoms with E-state index in [1.807, 2.05) is 17.0 Å². The van der Waals surface area contributed by atoms with Crippen molar-refractivity contribution in [1.29, 1.82) is 0 Å². The number of fused-ring (bicyclic) bond motifs is 1. The molecule has 1 aliphatic heterocycles. The van der Waals surface area contributed by atoms with Gasteiger partial charge in [0.15, 0.2) is 0 Å². The van der Waals surface area contributed by atoms with Crippen molar-refractivity contribution in [3.8, 4) is 0 Å². The molecule has 0 saturated heterocycles. The fourth-order valence-corrected chi connectivity index (χ4v) is 3.35. The Morgan fingerprint density at radius 1 is 1.32 bits per heavy atom. The van der Waals surface area contributed by atoms with Gasteiger partial charge in [-0.1, -0.05) is 28.1 Å². The summed E-state index contributed by atoms with van der Waals surface area (Å²) in [6.07, 6.45) is 0.843. The summed E-state index contributed by atoms with van der Waals surface area (Å²) in [6, 6.07) is 10.9. The molecule has 0 saturated carbocycles. The van der Waals surface area contributed by atoms with Gasteiger partial charge in [0.1, 0.15) is 5.69 Å². The third kappa shape index (κ3) is 2.71. The molecule has 1 N–H and O–H groups in total. The maximum absolute atomic E-state index is 11.3. The van der Waals surface area contributed by atoms with Crippen molar-refractivity contribution in [2.45, 2.75) is 19.6 Å². The molecule has 0 aliphatic carbocycles. The van der Waals surface area contributed by atoms with Crippen molar-refractivity contribution in [2.24, 2.45) is 0 Å². The summed E-state index contributed by atoms with van der Waals surface area (Å²) in [7, 11) is 0. The molecule has 0 unspecified atom stereocenters. The highest BCUT2D eigenvalue weighted by molar-refractivity contribution is 9.10. The smallest absolute Gasteiger partial charge is 0.292 e. The first-order valence-corrected chi connectivity index (χ1v) is 7.79. The number of nitro benzene ring substituents is 1. The van der Waals surface area contributed by atoms with Crippen LogP contribution < -0.4 is 4.90 Å². The topological polar surface area (TPSA) is 66.6 Å². The van der Waals surface area contributed by atoms with Crippen LogP contribution in [-0.2, 0) is 19.6 Å². The average Bonchev–Trinajstić information content (AvgIpc) is 2.54. The zero-order chi connectivity index (χ0) is 15.7. The number of hydrogen-bond donors (Lipinski definition) is 1. The molecule has 0 amide bonds. The lowest BCUT2D eigenvalue weighted by molar-refractivity contribution is -0.384. The molecule has 114 valence electrons. The molecule has 2 aromatic rings. The molecule has 22 heavy (non-hydrogen) atoms. The zero-order valence-corrected chi connectivity index (χ0v) is 13.4. The van der Waals surface area contributed by atoms with Gasteiger partial charge < -0.3 is 10.0 Å². The molecular formula is C16H15BrN2O3. The van der Waals surface area contributed by atoms with Gasteiger partial charge >= 0.3 is 0 Å². The summed E-state index contributed by atoms with van der Waals surface area (Å²) >= 11 is 3.56. The van der Waals surface area contributed by atoms with Crippen LogP contribution in [0, 0.1) is 10.1 Å². The van der Waals surface area contributed by atoms with Crippen LogP contribution in [0.3, 0.4) is 0 Å². The summed E-state index contributed by atoms with van der Waals surface area (Å²) in [6.45, 7) is 1.21. The third-order valence-corrected chi connectivity index (χ3v) is 4.72. The molecule has 0 radical (unpaired) electrons. The maximum atomic E-state index is 11.3. The molecule has 5 nitrogen and oxygen atoms in total. The lowest BCUT2D eigenvalue weighted by Gasteiger charge is -2.31. The van der Waals surface area contributed by atoms with Crippen LogP contribution in [0.4, 0.5) is 11.4 Å². The number of aliphatic hydroxyl groups excluding tert-OH is 1. The van der Waals surface area contributed by atoms with E-state index in [4.69, 9.17) is 0 Å². The Hall–Kier alpha value is -1.92. The second kappa shape index (κ2) is 6.06. The molecule has 0 fully saturated rings. The molecule has 1 heterocycles. The number of anilines is 1. The summed E-state index contributed by atoms with van der Waals surface area (Å²) in [5, 5.41) is 20.6. The Labute approximate surface area is 136 Å². The van der Waals surface area contributed by atoms with Crippen LogP contribution in [0.1, 0.15) is 16.7 Å². The van der Waals surface area contributed by atoms with Gasteiger partial charge in [0.25, 0.3) is 5.69 Å². The summed E-state index contributed by atoms with van der Waals surface area (Å²) in [4.78, 5) is 12.9. The van der Waals surface area contributed by atoms with Crippen molar-refractivity contribution in [1.82, 2.24) is 0 Å². The van der Waals surface area contributed by atoms with Crippen LogP contribution in [0.5, 0.6) is 0 Å². The lowest BCUT2D eigenvalue weighted by atomic mass is 9.99. The van der Waals surface area contributed by atoms with Crippen molar-refractivity contribution in [2.75, 3.05) is 11.4 Å². The fraction of sp³-hybridized carbons (Fsp3) is 0.250. The highest BCUT2D eigenvalue weighted by Crippen LogP contribution is 2.35. The number of rotatable bonds is 3. The van der Waals surface area contributed by atoms with E-state index < -0.39 is 0 Å². The Morgan fingerprint density at radius 3 is 2.86 bits per heavy atom. The fourth-order valence-electron chi connectivity index (χ4n) is 2.82. The zero-order valence-electron chi connectivity index (χ0n) is 11.8. The van der Waals surface area contributed by atoms with Gasteiger partial charge in [0.05, 0.1) is 11.5 Å².